The number of halogens is 2. The molecule has 0 saturated carbocycles. The van der Waals surface area contributed by atoms with E-state index in [4.69, 9.17) is 28.5 Å². The van der Waals surface area contributed by atoms with Crippen LogP contribution in [0.15, 0.2) is 42.5 Å². The third kappa shape index (κ3) is 3.75. The first kappa shape index (κ1) is 15.4. The Hall–Kier alpha value is -2.02. The first-order chi connectivity index (χ1) is 10.0. The van der Waals surface area contributed by atoms with Crippen LogP contribution >= 0.6 is 23.2 Å². The SMILES string of the molecule is C[C@H](NC(=O)c1cccc(C#N)c1)c1ccc(Cl)cc1Cl. The Bertz CT molecular complexity index is 722. The molecule has 2 aromatic rings. The molecular formula is C16H12Cl2N2O. The van der Waals surface area contributed by atoms with Crippen LogP contribution in [0.5, 0.6) is 0 Å². The smallest absolute Gasteiger partial charge is 0.251 e. The number of hydrogen-bond donors (Lipinski definition) is 1. The first-order valence-corrected chi connectivity index (χ1v) is 7.03. The van der Waals surface area contributed by atoms with Crippen molar-refractivity contribution in [2.24, 2.45) is 0 Å². The van der Waals surface area contributed by atoms with Crippen LogP contribution in [-0.4, -0.2) is 5.91 Å². The maximum absolute atomic E-state index is 12.2. The van der Waals surface area contributed by atoms with E-state index in [2.05, 4.69) is 5.32 Å². The molecule has 0 bridgehead atoms. The summed E-state index contributed by atoms with van der Waals surface area (Å²) < 4.78 is 0. The predicted molar refractivity (Wildman–Crippen MR) is 83.5 cm³/mol. The Morgan fingerprint density at radius 2 is 2.00 bits per heavy atom. The van der Waals surface area contributed by atoms with Crippen molar-refractivity contribution in [3.8, 4) is 6.07 Å². The molecular weight excluding hydrogens is 307 g/mol. The molecule has 0 fully saturated rings. The van der Waals surface area contributed by atoms with Gasteiger partial charge >= 0.3 is 0 Å². The Morgan fingerprint density at radius 3 is 2.67 bits per heavy atom. The summed E-state index contributed by atoms with van der Waals surface area (Å²) in [6, 6.07) is 13.4. The zero-order chi connectivity index (χ0) is 15.4. The number of hydrogen-bond acceptors (Lipinski definition) is 2. The average molecular weight is 319 g/mol. The van der Waals surface area contributed by atoms with Crippen molar-refractivity contribution in [2.45, 2.75) is 13.0 Å². The van der Waals surface area contributed by atoms with Gasteiger partial charge < -0.3 is 5.32 Å². The third-order valence-corrected chi connectivity index (χ3v) is 3.59. The fourth-order valence-corrected chi connectivity index (χ4v) is 2.51. The molecule has 0 radical (unpaired) electrons. The van der Waals surface area contributed by atoms with Gasteiger partial charge in [0, 0.05) is 15.6 Å². The summed E-state index contributed by atoms with van der Waals surface area (Å²) in [7, 11) is 0. The van der Waals surface area contributed by atoms with Gasteiger partial charge in [-0.25, -0.2) is 0 Å². The number of amides is 1. The van der Waals surface area contributed by atoms with E-state index >= 15 is 0 Å². The quantitative estimate of drug-likeness (QED) is 0.914. The van der Waals surface area contributed by atoms with Crippen LogP contribution in [0.25, 0.3) is 0 Å². The topological polar surface area (TPSA) is 52.9 Å². The van der Waals surface area contributed by atoms with Crippen molar-refractivity contribution in [2.75, 3.05) is 0 Å². The number of rotatable bonds is 3. The molecule has 21 heavy (non-hydrogen) atoms. The van der Waals surface area contributed by atoms with E-state index in [1.165, 1.54) is 0 Å². The van der Waals surface area contributed by atoms with Crippen LogP contribution in [0.1, 0.15) is 34.5 Å². The van der Waals surface area contributed by atoms with Crippen molar-refractivity contribution >= 4 is 29.1 Å². The Kier molecular flexibility index (Phi) is 4.85. The van der Waals surface area contributed by atoms with Gasteiger partial charge in [0.05, 0.1) is 17.7 Å². The van der Waals surface area contributed by atoms with Gasteiger partial charge in [0.1, 0.15) is 0 Å². The molecule has 5 heteroatoms. The third-order valence-electron chi connectivity index (χ3n) is 3.03. The molecule has 1 N–H and O–H groups in total. The van der Waals surface area contributed by atoms with Gasteiger partial charge in [-0.15, -0.1) is 0 Å². The first-order valence-electron chi connectivity index (χ1n) is 6.27. The molecule has 106 valence electrons. The molecule has 0 aliphatic rings. The van der Waals surface area contributed by atoms with Crippen LogP contribution in [0, 0.1) is 11.3 Å². The lowest BCUT2D eigenvalue weighted by Gasteiger charge is -2.16. The highest BCUT2D eigenvalue weighted by Gasteiger charge is 2.14. The maximum Gasteiger partial charge on any atom is 0.251 e. The maximum atomic E-state index is 12.2. The van der Waals surface area contributed by atoms with Gasteiger partial charge in [-0.3, -0.25) is 4.79 Å². The molecule has 1 atom stereocenters. The summed E-state index contributed by atoms with van der Waals surface area (Å²) >= 11 is 12.0. The summed E-state index contributed by atoms with van der Waals surface area (Å²) in [5.41, 5.74) is 1.66. The standard InChI is InChI=1S/C16H12Cl2N2O/c1-10(14-6-5-13(17)8-15(14)18)20-16(21)12-4-2-3-11(7-12)9-19/h2-8,10H,1H3,(H,20,21)/t10-/m0/s1. The average Bonchev–Trinajstić information content (AvgIpc) is 2.47. The van der Waals surface area contributed by atoms with E-state index in [1.807, 2.05) is 13.0 Å². The predicted octanol–water partition coefficient (Wildman–Crippen LogP) is 4.36. The lowest BCUT2D eigenvalue weighted by atomic mass is 10.1. The van der Waals surface area contributed by atoms with Gasteiger partial charge in [0.2, 0.25) is 0 Å². The Balaban J connectivity index is 2.17. The van der Waals surface area contributed by atoms with E-state index in [0.29, 0.717) is 21.2 Å². The summed E-state index contributed by atoms with van der Waals surface area (Å²) in [5.74, 6) is -0.259. The van der Waals surface area contributed by atoms with Crippen LogP contribution < -0.4 is 5.32 Å². The van der Waals surface area contributed by atoms with E-state index in [9.17, 15) is 4.79 Å². The zero-order valence-corrected chi connectivity index (χ0v) is 12.7. The zero-order valence-electron chi connectivity index (χ0n) is 11.2. The fraction of sp³-hybridized carbons (Fsp3) is 0.125. The highest BCUT2D eigenvalue weighted by atomic mass is 35.5. The van der Waals surface area contributed by atoms with E-state index in [1.54, 1.807) is 42.5 Å². The second-order valence-corrected chi connectivity index (χ2v) is 5.40. The molecule has 2 aromatic carbocycles. The highest BCUT2D eigenvalue weighted by Crippen LogP contribution is 2.26. The summed E-state index contributed by atoms with van der Waals surface area (Å²) in [6.45, 7) is 1.83. The van der Waals surface area contributed by atoms with Crippen LogP contribution in [0.2, 0.25) is 10.0 Å². The van der Waals surface area contributed by atoms with Crippen molar-refractivity contribution in [1.82, 2.24) is 5.32 Å². The van der Waals surface area contributed by atoms with Gasteiger partial charge in [0.25, 0.3) is 5.91 Å². The summed E-state index contributed by atoms with van der Waals surface area (Å²) in [5, 5.41) is 12.7. The van der Waals surface area contributed by atoms with Gasteiger partial charge in [-0.05, 0) is 42.8 Å². The van der Waals surface area contributed by atoms with Crippen LogP contribution in [0.4, 0.5) is 0 Å². The Labute approximate surface area is 133 Å². The molecule has 1 amide bonds. The minimum absolute atomic E-state index is 0.259. The number of benzene rings is 2. The second kappa shape index (κ2) is 6.62. The summed E-state index contributed by atoms with van der Waals surface area (Å²) in [4.78, 5) is 12.2. The van der Waals surface area contributed by atoms with Crippen molar-refractivity contribution in [1.29, 1.82) is 5.26 Å². The molecule has 0 unspecified atom stereocenters. The van der Waals surface area contributed by atoms with Crippen LogP contribution in [-0.2, 0) is 0 Å². The molecule has 2 rings (SSSR count). The molecule has 0 aliphatic heterocycles. The molecule has 0 spiro atoms. The van der Waals surface area contributed by atoms with Crippen molar-refractivity contribution in [3.05, 3.63) is 69.2 Å². The number of carbonyl (C=O) groups excluding carboxylic acids is 1. The molecule has 0 saturated heterocycles. The minimum Gasteiger partial charge on any atom is -0.345 e. The van der Waals surface area contributed by atoms with Crippen molar-refractivity contribution < 1.29 is 4.79 Å². The van der Waals surface area contributed by atoms with Crippen molar-refractivity contribution in [3.63, 3.8) is 0 Å². The lowest BCUT2D eigenvalue weighted by Crippen LogP contribution is -2.26. The molecule has 0 aliphatic carbocycles. The normalized spacial score (nSPS) is 11.5. The van der Waals surface area contributed by atoms with E-state index in [-0.39, 0.29) is 11.9 Å². The Morgan fingerprint density at radius 1 is 1.24 bits per heavy atom. The largest absolute Gasteiger partial charge is 0.345 e. The van der Waals surface area contributed by atoms with E-state index < -0.39 is 0 Å². The van der Waals surface area contributed by atoms with E-state index in [0.717, 1.165) is 5.56 Å². The van der Waals surface area contributed by atoms with Crippen LogP contribution in [0.3, 0.4) is 0 Å². The summed E-state index contributed by atoms with van der Waals surface area (Å²) in [6.07, 6.45) is 0. The molecule has 0 aromatic heterocycles. The van der Waals surface area contributed by atoms with Gasteiger partial charge in [0.15, 0.2) is 0 Å². The minimum atomic E-state index is -0.270. The number of nitrogens with one attached hydrogen (secondary N) is 1. The van der Waals surface area contributed by atoms with Gasteiger partial charge in [-0.2, -0.15) is 5.26 Å². The number of carbonyl (C=O) groups is 1. The lowest BCUT2D eigenvalue weighted by molar-refractivity contribution is 0.0940. The molecule has 0 heterocycles. The number of nitriles is 1. The second-order valence-electron chi connectivity index (χ2n) is 4.55. The fourth-order valence-electron chi connectivity index (χ4n) is 1.94. The number of nitrogens with zero attached hydrogens (tertiary/aromatic N) is 1. The highest BCUT2D eigenvalue weighted by molar-refractivity contribution is 6.35. The molecule has 3 nitrogen and oxygen atoms in total. The van der Waals surface area contributed by atoms with Gasteiger partial charge in [-0.1, -0.05) is 35.3 Å². The monoisotopic (exact) mass is 318 g/mol.